The van der Waals surface area contributed by atoms with Crippen molar-refractivity contribution in [2.45, 2.75) is 9.79 Å². The lowest BCUT2D eigenvalue weighted by atomic mass is 10.2. The molecule has 0 saturated heterocycles. The maximum absolute atomic E-state index is 13.1. The lowest BCUT2D eigenvalue weighted by Gasteiger charge is -2.07. The molecule has 0 heterocycles. The van der Waals surface area contributed by atoms with Gasteiger partial charge in [0.1, 0.15) is 17.2 Å². The third-order valence-electron chi connectivity index (χ3n) is 2.71. The van der Waals surface area contributed by atoms with Gasteiger partial charge in [0.25, 0.3) is 0 Å². The quantitative estimate of drug-likeness (QED) is 0.479. The summed E-state index contributed by atoms with van der Waals surface area (Å²) in [6, 6.07) is 3.45. The number of carbonyl (C=O) groups is 1. The summed E-state index contributed by atoms with van der Waals surface area (Å²) in [6.45, 7) is 0. The summed E-state index contributed by atoms with van der Waals surface area (Å²) in [4.78, 5) is 11.7. The predicted octanol–water partition coefficient (Wildman–Crippen LogP) is 7.41. The summed E-state index contributed by atoms with van der Waals surface area (Å²) in [5, 5.41) is 9.37. The Morgan fingerprint density at radius 3 is 1.76 bits per heavy atom. The third-order valence-corrected chi connectivity index (χ3v) is 6.11. The molecule has 2 aromatic rings. The van der Waals surface area contributed by atoms with E-state index in [0.717, 1.165) is 11.0 Å². The monoisotopic (exact) mass is 464 g/mol. The molecule has 0 amide bonds. The van der Waals surface area contributed by atoms with Gasteiger partial charge in [0.2, 0.25) is 0 Å². The van der Waals surface area contributed by atoms with Crippen LogP contribution < -0.4 is 0 Å². The molecule has 10 heteroatoms. The van der Waals surface area contributed by atoms with Crippen LogP contribution in [-0.2, 0) is 0 Å². The highest BCUT2D eigenvalue weighted by molar-refractivity contribution is 7.99. The zero-order valence-corrected chi connectivity index (χ0v) is 17.3. The fourth-order valence-corrected chi connectivity index (χ4v) is 4.62. The highest BCUT2D eigenvalue weighted by atomic mass is 35.5. The summed E-state index contributed by atoms with van der Waals surface area (Å²) in [7, 11) is 0. The molecule has 0 bridgehead atoms. The van der Waals surface area contributed by atoms with E-state index in [1.165, 1.54) is 35.7 Å². The number of thioether (sulfide) groups is 2. The van der Waals surface area contributed by atoms with Crippen LogP contribution >= 0.6 is 69.9 Å². The van der Waals surface area contributed by atoms with Crippen molar-refractivity contribution >= 4 is 75.9 Å². The third kappa shape index (κ3) is 5.81. The molecule has 2 nitrogen and oxygen atoms in total. The Kier molecular flexibility index (Phi) is 9.15. The Hall–Kier alpha value is -0.370. The first-order valence-corrected chi connectivity index (χ1v) is 10.2. The number of rotatable bonds is 3. The van der Waals surface area contributed by atoms with Gasteiger partial charge in [-0.05, 0) is 30.7 Å². The van der Waals surface area contributed by atoms with Crippen LogP contribution in [0, 0.1) is 11.6 Å². The molecular formula is C15H10Cl4F2O2S2. The maximum Gasteiger partial charge on any atom is 0.340 e. The van der Waals surface area contributed by atoms with Crippen molar-refractivity contribution in [2.75, 3.05) is 12.5 Å². The molecule has 2 aromatic carbocycles. The molecule has 0 saturated carbocycles. The normalized spacial score (nSPS) is 10.2. The van der Waals surface area contributed by atoms with E-state index in [-0.39, 0.29) is 10.0 Å². The molecule has 0 aliphatic carbocycles. The zero-order valence-electron chi connectivity index (χ0n) is 12.7. The van der Waals surface area contributed by atoms with E-state index in [1.807, 2.05) is 6.26 Å². The van der Waals surface area contributed by atoms with Crippen LogP contribution in [0.15, 0.2) is 28.0 Å². The van der Waals surface area contributed by atoms with E-state index < -0.39 is 23.2 Å². The van der Waals surface area contributed by atoms with Gasteiger partial charge in [-0.25, -0.2) is 13.6 Å². The topological polar surface area (TPSA) is 37.3 Å². The van der Waals surface area contributed by atoms with E-state index in [0.29, 0.717) is 14.9 Å². The highest BCUT2D eigenvalue weighted by Crippen LogP contribution is 2.36. The zero-order chi connectivity index (χ0) is 19.3. The van der Waals surface area contributed by atoms with E-state index in [9.17, 15) is 13.6 Å². The summed E-state index contributed by atoms with van der Waals surface area (Å²) < 4.78 is 25.7. The molecule has 1 N–H and O–H groups in total. The maximum atomic E-state index is 13.1. The van der Waals surface area contributed by atoms with Crippen molar-refractivity contribution in [3.05, 3.63) is 55.5 Å². The van der Waals surface area contributed by atoms with Crippen molar-refractivity contribution in [3.8, 4) is 0 Å². The molecule has 0 aliphatic rings. The molecule has 0 spiro atoms. The van der Waals surface area contributed by atoms with Gasteiger partial charge in [-0.15, -0.1) is 23.5 Å². The van der Waals surface area contributed by atoms with Crippen molar-refractivity contribution in [1.29, 1.82) is 0 Å². The number of benzene rings is 2. The van der Waals surface area contributed by atoms with Crippen molar-refractivity contribution < 1.29 is 18.7 Å². The van der Waals surface area contributed by atoms with Crippen LogP contribution in [0.25, 0.3) is 0 Å². The van der Waals surface area contributed by atoms with Gasteiger partial charge in [0.15, 0.2) is 0 Å². The van der Waals surface area contributed by atoms with Crippen molar-refractivity contribution in [2.24, 2.45) is 0 Å². The minimum Gasteiger partial charge on any atom is -0.478 e. The lowest BCUT2D eigenvalue weighted by molar-refractivity contribution is 0.0692. The van der Waals surface area contributed by atoms with Gasteiger partial charge < -0.3 is 5.11 Å². The SMILES string of the molecule is CSc1c(Cl)cc(F)c(C(=O)O)c1Cl.CSc1c(Cl)cc(F)cc1Cl. The van der Waals surface area contributed by atoms with E-state index in [2.05, 4.69) is 0 Å². The molecule has 0 atom stereocenters. The number of hydrogen-bond acceptors (Lipinski definition) is 3. The fourth-order valence-electron chi connectivity index (χ4n) is 1.68. The molecule has 0 aliphatic heterocycles. The van der Waals surface area contributed by atoms with Crippen LogP contribution in [-0.4, -0.2) is 23.6 Å². The number of carboxylic acid groups (broad SMARTS) is 1. The minimum atomic E-state index is -1.40. The van der Waals surface area contributed by atoms with Crippen molar-refractivity contribution in [3.63, 3.8) is 0 Å². The molecule has 0 aromatic heterocycles. The smallest absolute Gasteiger partial charge is 0.340 e. The minimum absolute atomic E-state index is 0.116. The number of halogens is 6. The number of aromatic carboxylic acids is 1. The Morgan fingerprint density at radius 2 is 1.36 bits per heavy atom. The fraction of sp³-hybridized carbons (Fsp3) is 0.133. The Labute approximate surface area is 171 Å². The van der Waals surface area contributed by atoms with Crippen LogP contribution in [0.2, 0.25) is 20.1 Å². The summed E-state index contributed by atoms with van der Waals surface area (Å²) in [6.07, 6.45) is 3.52. The Morgan fingerprint density at radius 1 is 0.920 bits per heavy atom. The van der Waals surface area contributed by atoms with Gasteiger partial charge in [-0.1, -0.05) is 46.4 Å². The van der Waals surface area contributed by atoms with Gasteiger partial charge in [-0.2, -0.15) is 0 Å². The van der Waals surface area contributed by atoms with Crippen LogP contribution in [0.4, 0.5) is 8.78 Å². The van der Waals surface area contributed by atoms with Crippen LogP contribution in [0.5, 0.6) is 0 Å². The number of carboxylic acids is 1. The second-order valence-corrected chi connectivity index (χ2v) is 7.50. The van der Waals surface area contributed by atoms with Gasteiger partial charge >= 0.3 is 5.97 Å². The molecule has 0 radical (unpaired) electrons. The van der Waals surface area contributed by atoms with Crippen LogP contribution in [0.3, 0.4) is 0 Å². The Balaban J connectivity index is 0.000000257. The first-order chi connectivity index (χ1) is 11.6. The summed E-state index contributed by atoms with van der Waals surface area (Å²) >= 11 is 25.3. The first kappa shape index (κ1) is 22.7. The lowest BCUT2D eigenvalue weighted by Crippen LogP contribution is -2.02. The van der Waals surface area contributed by atoms with Crippen LogP contribution in [0.1, 0.15) is 10.4 Å². The van der Waals surface area contributed by atoms with E-state index in [4.69, 9.17) is 51.5 Å². The molecule has 0 unspecified atom stereocenters. The molecule has 2 rings (SSSR count). The molecule has 0 fully saturated rings. The molecule has 25 heavy (non-hydrogen) atoms. The standard InChI is InChI=1S/C8H5Cl2FO2S.C7H5Cl2FS/c1-14-7-3(9)2-4(11)5(6(7)10)8(12)13;1-11-7-5(8)2-4(10)3-6(7)9/h2H,1H3,(H,12,13);2-3H,1H3. The van der Waals surface area contributed by atoms with Gasteiger partial charge in [0, 0.05) is 9.79 Å². The Bertz CT molecular complexity index is 781. The molecule has 136 valence electrons. The summed E-state index contributed by atoms with van der Waals surface area (Å²) in [5.41, 5.74) is -0.541. The van der Waals surface area contributed by atoms with E-state index in [1.54, 1.807) is 6.26 Å². The van der Waals surface area contributed by atoms with Gasteiger partial charge in [0.05, 0.1) is 20.1 Å². The largest absolute Gasteiger partial charge is 0.478 e. The first-order valence-electron chi connectivity index (χ1n) is 6.27. The summed E-state index contributed by atoms with van der Waals surface area (Å²) in [5.74, 6) is -2.73. The van der Waals surface area contributed by atoms with E-state index >= 15 is 0 Å². The molecular weight excluding hydrogens is 456 g/mol. The van der Waals surface area contributed by atoms with Gasteiger partial charge in [-0.3, -0.25) is 0 Å². The second kappa shape index (κ2) is 10.1. The predicted molar refractivity (Wildman–Crippen MR) is 103 cm³/mol. The second-order valence-electron chi connectivity index (χ2n) is 4.27. The average Bonchev–Trinajstić information content (AvgIpc) is 2.46. The number of hydrogen-bond donors (Lipinski definition) is 1. The average molecular weight is 466 g/mol. The highest BCUT2D eigenvalue weighted by Gasteiger charge is 2.20. The van der Waals surface area contributed by atoms with Crippen molar-refractivity contribution in [1.82, 2.24) is 0 Å².